The van der Waals surface area contributed by atoms with E-state index in [9.17, 15) is 8.42 Å². The van der Waals surface area contributed by atoms with E-state index in [1.165, 1.54) is 0 Å². The summed E-state index contributed by atoms with van der Waals surface area (Å²) in [5.74, 6) is 0.510. The molecule has 0 radical (unpaired) electrons. The average Bonchev–Trinajstić information content (AvgIpc) is 2.67. The molecule has 0 spiro atoms. The Bertz CT molecular complexity index is 507. The fraction of sp³-hybridized carbons (Fsp3) is 0.750. The summed E-state index contributed by atoms with van der Waals surface area (Å²) in [6.07, 6.45) is 4.91. The Balaban J connectivity index is 2.16. The monoisotopic (exact) mass is 272 g/mol. The molecule has 6 heteroatoms. The molecule has 1 fully saturated rings. The highest BCUT2D eigenvalue weighted by Gasteiger charge is 2.27. The maximum atomic E-state index is 11.7. The second-order valence-corrected chi connectivity index (χ2v) is 7.17. The first kappa shape index (κ1) is 13.5. The van der Waals surface area contributed by atoms with Crippen molar-refractivity contribution in [3.63, 3.8) is 0 Å². The lowest BCUT2D eigenvalue weighted by Gasteiger charge is -2.23. The van der Waals surface area contributed by atoms with Gasteiger partial charge < -0.3 is 5.11 Å². The zero-order chi connectivity index (χ0) is 13.2. The van der Waals surface area contributed by atoms with Crippen LogP contribution in [0, 0.1) is 6.92 Å². The highest BCUT2D eigenvalue weighted by molar-refractivity contribution is 7.91. The van der Waals surface area contributed by atoms with E-state index in [2.05, 4.69) is 5.10 Å². The molecule has 2 rings (SSSR count). The Kier molecular flexibility index (Phi) is 4.07. The average molecular weight is 272 g/mol. The molecule has 1 aromatic rings. The van der Waals surface area contributed by atoms with Crippen molar-refractivity contribution < 1.29 is 13.5 Å². The highest BCUT2D eigenvalue weighted by atomic mass is 32.2. The number of aliphatic hydroxyl groups is 1. The molecule has 2 heterocycles. The van der Waals surface area contributed by atoms with E-state index in [-0.39, 0.29) is 18.4 Å². The molecule has 102 valence electrons. The van der Waals surface area contributed by atoms with Crippen molar-refractivity contribution in [1.82, 2.24) is 9.78 Å². The summed E-state index contributed by atoms with van der Waals surface area (Å²) in [4.78, 5) is 0. The van der Waals surface area contributed by atoms with Gasteiger partial charge in [0.2, 0.25) is 0 Å². The molecule has 0 aliphatic carbocycles. The minimum Gasteiger partial charge on any atom is -0.396 e. The summed E-state index contributed by atoms with van der Waals surface area (Å²) in [6, 6.07) is -0.0216. The van der Waals surface area contributed by atoms with Gasteiger partial charge in [0.15, 0.2) is 9.84 Å². The summed E-state index contributed by atoms with van der Waals surface area (Å²) in [5.41, 5.74) is 2.14. The second kappa shape index (κ2) is 5.40. The Labute approximate surface area is 108 Å². The van der Waals surface area contributed by atoms with Gasteiger partial charge in [-0.05, 0) is 38.2 Å². The molecule has 1 aliphatic rings. The summed E-state index contributed by atoms with van der Waals surface area (Å²) in [6.45, 7) is 2.14. The van der Waals surface area contributed by atoms with Crippen molar-refractivity contribution in [3.8, 4) is 0 Å². The van der Waals surface area contributed by atoms with Crippen LogP contribution in [0.5, 0.6) is 0 Å². The van der Waals surface area contributed by atoms with Crippen LogP contribution < -0.4 is 0 Å². The van der Waals surface area contributed by atoms with Gasteiger partial charge in [-0.2, -0.15) is 5.10 Å². The second-order valence-electron chi connectivity index (χ2n) is 4.94. The first-order valence-electron chi connectivity index (χ1n) is 6.38. The Morgan fingerprint density at radius 2 is 2.33 bits per heavy atom. The molecule has 1 unspecified atom stereocenters. The van der Waals surface area contributed by atoms with Gasteiger partial charge in [-0.15, -0.1) is 0 Å². The van der Waals surface area contributed by atoms with E-state index in [1.807, 2.05) is 11.6 Å². The van der Waals surface area contributed by atoms with Gasteiger partial charge in [0.25, 0.3) is 0 Å². The smallest absolute Gasteiger partial charge is 0.152 e. The number of hydrogen-bond donors (Lipinski definition) is 1. The summed E-state index contributed by atoms with van der Waals surface area (Å²) in [7, 11) is -2.91. The fourth-order valence-corrected chi connectivity index (χ4v) is 4.20. The van der Waals surface area contributed by atoms with Crippen molar-refractivity contribution >= 4 is 9.84 Å². The Morgan fingerprint density at radius 1 is 1.56 bits per heavy atom. The zero-order valence-electron chi connectivity index (χ0n) is 10.7. The topological polar surface area (TPSA) is 72.2 Å². The van der Waals surface area contributed by atoms with Crippen molar-refractivity contribution in [2.75, 3.05) is 18.1 Å². The first-order chi connectivity index (χ1) is 8.53. The predicted molar refractivity (Wildman–Crippen MR) is 69.3 cm³/mol. The molecular weight excluding hydrogens is 252 g/mol. The van der Waals surface area contributed by atoms with Crippen LogP contribution >= 0.6 is 0 Å². The van der Waals surface area contributed by atoms with Crippen LogP contribution in [0.25, 0.3) is 0 Å². The Morgan fingerprint density at radius 3 is 3.00 bits per heavy atom. The lowest BCUT2D eigenvalue weighted by Crippen LogP contribution is -2.28. The molecule has 1 aliphatic heterocycles. The third kappa shape index (κ3) is 2.92. The van der Waals surface area contributed by atoms with E-state index in [4.69, 9.17) is 5.11 Å². The van der Waals surface area contributed by atoms with Gasteiger partial charge in [0.1, 0.15) is 0 Å². The number of sulfone groups is 1. The number of aliphatic hydroxyl groups excluding tert-OH is 1. The van der Waals surface area contributed by atoms with E-state index in [0.717, 1.165) is 36.9 Å². The standard InChI is InChI=1S/C12H20N2O3S/c1-10-11(4-2-6-15)8-13-14(10)12-5-3-7-18(16,17)9-12/h8,12,15H,2-7,9H2,1H3. The van der Waals surface area contributed by atoms with E-state index >= 15 is 0 Å². The van der Waals surface area contributed by atoms with Crippen molar-refractivity contribution in [3.05, 3.63) is 17.5 Å². The summed E-state index contributed by atoms with van der Waals surface area (Å²) in [5, 5.41) is 13.2. The molecule has 0 saturated carbocycles. The van der Waals surface area contributed by atoms with Gasteiger partial charge >= 0.3 is 0 Å². The third-order valence-corrected chi connectivity index (χ3v) is 5.34. The molecular formula is C12H20N2O3S. The molecule has 1 saturated heterocycles. The van der Waals surface area contributed by atoms with Crippen molar-refractivity contribution in [1.29, 1.82) is 0 Å². The molecule has 1 atom stereocenters. The molecule has 18 heavy (non-hydrogen) atoms. The summed E-state index contributed by atoms with van der Waals surface area (Å²) >= 11 is 0. The number of aromatic nitrogens is 2. The lowest BCUT2D eigenvalue weighted by atomic mass is 10.1. The minimum absolute atomic E-state index is 0.0216. The fourth-order valence-electron chi connectivity index (χ4n) is 2.53. The SMILES string of the molecule is Cc1c(CCCO)cnn1C1CCCS(=O)(=O)C1. The number of hydrogen-bond acceptors (Lipinski definition) is 4. The van der Waals surface area contributed by atoms with Crippen LogP contribution in [-0.4, -0.2) is 41.4 Å². The van der Waals surface area contributed by atoms with Crippen molar-refractivity contribution in [2.45, 2.75) is 38.6 Å². The van der Waals surface area contributed by atoms with Gasteiger partial charge in [-0.1, -0.05) is 0 Å². The first-order valence-corrected chi connectivity index (χ1v) is 8.20. The van der Waals surface area contributed by atoms with Crippen LogP contribution in [0.3, 0.4) is 0 Å². The molecule has 0 aromatic carbocycles. The zero-order valence-corrected chi connectivity index (χ0v) is 11.5. The van der Waals surface area contributed by atoms with Gasteiger partial charge in [-0.3, -0.25) is 4.68 Å². The van der Waals surface area contributed by atoms with E-state index < -0.39 is 9.84 Å². The van der Waals surface area contributed by atoms with Crippen LogP contribution in [0.4, 0.5) is 0 Å². The maximum absolute atomic E-state index is 11.7. The van der Waals surface area contributed by atoms with Gasteiger partial charge in [0, 0.05) is 12.3 Å². The maximum Gasteiger partial charge on any atom is 0.152 e. The number of rotatable bonds is 4. The number of nitrogens with zero attached hydrogens (tertiary/aromatic N) is 2. The van der Waals surface area contributed by atoms with Crippen LogP contribution in [0.1, 0.15) is 36.6 Å². The Hall–Kier alpha value is -0.880. The quantitative estimate of drug-likeness (QED) is 0.882. The van der Waals surface area contributed by atoms with Gasteiger partial charge in [-0.25, -0.2) is 8.42 Å². The molecule has 0 bridgehead atoms. The molecule has 1 aromatic heterocycles. The molecule has 0 amide bonds. The van der Waals surface area contributed by atoms with Crippen LogP contribution in [-0.2, 0) is 16.3 Å². The highest BCUT2D eigenvalue weighted by Crippen LogP contribution is 2.25. The van der Waals surface area contributed by atoms with Crippen LogP contribution in [0.2, 0.25) is 0 Å². The van der Waals surface area contributed by atoms with E-state index in [1.54, 1.807) is 6.20 Å². The van der Waals surface area contributed by atoms with Gasteiger partial charge in [0.05, 0.1) is 23.7 Å². The van der Waals surface area contributed by atoms with E-state index in [0.29, 0.717) is 5.75 Å². The number of aryl methyl sites for hydroxylation is 1. The normalized spacial score (nSPS) is 23.1. The van der Waals surface area contributed by atoms with Crippen molar-refractivity contribution in [2.24, 2.45) is 0 Å². The predicted octanol–water partition coefficient (Wildman–Crippen LogP) is 0.866. The lowest BCUT2D eigenvalue weighted by molar-refractivity contribution is 0.288. The minimum atomic E-state index is -2.91. The van der Waals surface area contributed by atoms with Crippen LogP contribution in [0.15, 0.2) is 6.20 Å². The summed E-state index contributed by atoms with van der Waals surface area (Å²) < 4.78 is 25.2. The largest absolute Gasteiger partial charge is 0.396 e. The third-order valence-electron chi connectivity index (χ3n) is 3.54. The molecule has 5 nitrogen and oxygen atoms in total. The molecule has 1 N–H and O–H groups in total.